The highest BCUT2D eigenvalue weighted by atomic mass is 16.5. The van der Waals surface area contributed by atoms with Crippen LogP contribution in [-0.2, 0) is 30.3 Å². The molecule has 3 aliphatic rings. The molecule has 0 aliphatic heterocycles. The Morgan fingerprint density at radius 2 is 1.82 bits per heavy atom. The minimum absolute atomic E-state index is 0.0648. The first-order valence-electron chi connectivity index (χ1n) is 14.8. The highest BCUT2D eigenvalue weighted by Crippen LogP contribution is 2.58. The summed E-state index contributed by atoms with van der Waals surface area (Å²) in [5, 5.41) is 56.5. The number of ketones is 2. The minimum atomic E-state index is -2.80. The van der Waals surface area contributed by atoms with Crippen molar-refractivity contribution in [2.75, 3.05) is 27.8 Å². The predicted octanol–water partition coefficient (Wildman–Crippen LogP) is -1.16. The molecule has 16 heteroatoms. The van der Waals surface area contributed by atoms with Gasteiger partial charge in [-0.25, -0.2) is 4.79 Å². The summed E-state index contributed by atoms with van der Waals surface area (Å²) >= 11 is 0. The number of nitrogens with zero attached hydrogens (tertiary/aromatic N) is 2. The molecule has 0 aromatic heterocycles. The van der Waals surface area contributed by atoms with Gasteiger partial charge >= 0.3 is 5.97 Å². The van der Waals surface area contributed by atoms with Crippen molar-refractivity contribution in [3.63, 3.8) is 0 Å². The van der Waals surface area contributed by atoms with Crippen molar-refractivity contribution in [2.24, 2.45) is 22.6 Å². The van der Waals surface area contributed by atoms with Crippen LogP contribution in [0.15, 0.2) is 53.3 Å². The molecule has 2 unspecified atom stereocenters. The summed E-state index contributed by atoms with van der Waals surface area (Å²) in [6.07, 6.45) is -0.860. The van der Waals surface area contributed by atoms with Gasteiger partial charge in [-0.1, -0.05) is 18.2 Å². The van der Waals surface area contributed by atoms with Gasteiger partial charge in [-0.05, 0) is 61.8 Å². The summed E-state index contributed by atoms with van der Waals surface area (Å²) in [6.45, 7) is -0.720. The number of nitrogens with two attached hydrogens (primary N) is 3. The number of fused-ring (bicyclic) bond motifs is 3. The van der Waals surface area contributed by atoms with E-state index in [1.165, 1.54) is 49.3 Å². The molecule has 5 atom stereocenters. The first-order valence-corrected chi connectivity index (χ1v) is 14.8. The maximum Gasteiger partial charge on any atom is 0.330 e. The minimum Gasteiger partial charge on any atom is -0.509 e. The van der Waals surface area contributed by atoms with Crippen molar-refractivity contribution in [3.05, 3.63) is 70.0 Å². The summed E-state index contributed by atoms with van der Waals surface area (Å²) in [5.74, 6) is -7.86. The highest BCUT2D eigenvalue weighted by molar-refractivity contribution is 6.25. The Bertz CT molecular complexity index is 1960. The maximum atomic E-state index is 14.5. The number of amides is 2. The number of nitrogens with one attached hydrogen (secondary N) is 1. The van der Waals surface area contributed by atoms with Crippen molar-refractivity contribution in [2.45, 2.75) is 36.0 Å². The third-order valence-electron chi connectivity index (χ3n) is 9.54. The van der Waals surface area contributed by atoms with E-state index in [2.05, 4.69) is 10.1 Å². The van der Waals surface area contributed by atoms with E-state index in [1.807, 2.05) is 0 Å². The molecule has 11 N–H and O–H groups in total. The quantitative estimate of drug-likeness (QED) is 0.127. The number of phenols is 1. The lowest BCUT2D eigenvalue weighted by molar-refractivity contribution is -0.144. The molecule has 5 rings (SSSR count). The number of hydrogen-bond acceptors (Lipinski definition) is 14. The smallest absolute Gasteiger partial charge is 0.330 e. The third-order valence-corrected chi connectivity index (χ3v) is 9.54. The van der Waals surface area contributed by atoms with Crippen LogP contribution in [0, 0.1) is 16.7 Å². The number of rotatable bonds is 7. The number of primary amides is 1. The molecule has 49 heavy (non-hydrogen) atoms. The summed E-state index contributed by atoms with van der Waals surface area (Å²) in [4.78, 5) is 66.8. The number of aliphatic hydroxyl groups excluding tert-OH is 3. The Labute approximate surface area is 279 Å². The molecule has 16 nitrogen and oxygen atoms in total. The van der Waals surface area contributed by atoms with E-state index in [4.69, 9.17) is 17.2 Å². The molecule has 2 aromatic rings. The largest absolute Gasteiger partial charge is 0.509 e. The molecule has 0 saturated heterocycles. The van der Waals surface area contributed by atoms with E-state index in [1.54, 1.807) is 12.1 Å². The van der Waals surface area contributed by atoms with Crippen LogP contribution < -0.4 is 22.5 Å². The molecular weight excluding hydrogens is 640 g/mol. The van der Waals surface area contributed by atoms with Crippen LogP contribution in [0.4, 0.5) is 0 Å². The van der Waals surface area contributed by atoms with Gasteiger partial charge in [-0.15, -0.1) is 0 Å². The summed E-state index contributed by atoms with van der Waals surface area (Å²) < 4.78 is 4.59. The normalized spacial score (nSPS) is 26.7. The Morgan fingerprint density at radius 3 is 2.39 bits per heavy atom. The van der Waals surface area contributed by atoms with Crippen molar-refractivity contribution >= 4 is 35.1 Å². The van der Waals surface area contributed by atoms with Gasteiger partial charge in [-0.3, -0.25) is 24.1 Å². The van der Waals surface area contributed by atoms with Crippen LogP contribution in [0.2, 0.25) is 0 Å². The number of carbonyl (C=O) groups is 5. The Kier molecular flexibility index (Phi) is 8.38. The number of aliphatic hydroxyl groups is 3. The fourth-order valence-electron chi connectivity index (χ4n) is 7.49. The van der Waals surface area contributed by atoms with E-state index >= 15 is 0 Å². The maximum absolute atomic E-state index is 14.5. The van der Waals surface area contributed by atoms with E-state index in [0.717, 1.165) is 7.11 Å². The lowest BCUT2D eigenvalue weighted by Crippen LogP contribution is -2.80. The molecule has 0 radical (unpaired) electrons. The van der Waals surface area contributed by atoms with Gasteiger partial charge in [0.25, 0.3) is 11.8 Å². The molecule has 0 spiro atoms. The molecule has 3 aliphatic carbocycles. The van der Waals surface area contributed by atoms with Gasteiger partial charge in [0.15, 0.2) is 23.0 Å². The number of esters is 1. The van der Waals surface area contributed by atoms with Crippen molar-refractivity contribution in [1.82, 2.24) is 10.2 Å². The van der Waals surface area contributed by atoms with Gasteiger partial charge in [0, 0.05) is 5.56 Å². The van der Waals surface area contributed by atoms with Gasteiger partial charge in [0.05, 0.1) is 48.0 Å². The van der Waals surface area contributed by atoms with Crippen molar-refractivity contribution < 1.29 is 49.1 Å². The van der Waals surface area contributed by atoms with Crippen LogP contribution in [-0.4, -0.2) is 106 Å². The number of nitriles is 1. The number of ether oxygens (including phenoxy) is 1. The number of carbonyl (C=O) groups excluding carboxylic acids is 5. The molecule has 1 fully saturated rings. The number of aromatic hydroxyl groups is 1. The lowest BCUT2D eigenvalue weighted by atomic mass is 9.47. The van der Waals surface area contributed by atoms with Gasteiger partial charge < -0.3 is 47.7 Å². The molecule has 256 valence electrons. The molecule has 0 heterocycles. The SMILES string of the molecule is COC(=O)C(CO)NC(=O)c1cccc(-c2ccc(O)c3c2C[C@@]2(N)C[C@@]4(N)C(N(C)C)C(=O)C(C(N)=O)=C(O)[C@@]4(C#N)C(=O)C2=C3O)c1. The second kappa shape index (κ2) is 11.8. The zero-order valence-corrected chi connectivity index (χ0v) is 26.6. The zero-order chi connectivity index (χ0) is 36.4. The summed E-state index contributed by atoms with van der Waals surface area (Å²) in [7, 11) is 3.93. The number of likely N-dealkylation sites (N-methyl/N-ethyl adjacent to an activating group) is 1. The van der Waals surface area contributed by atoms with Crippen molar-refractivity contribution in [1.29, 1.82) is 5.26 Å². The zero-order valence-electron chi connectivity index (χ0n) is 26.6. The first kappa shape index (κ1) is 34.7. The number of phenolic OH excluding ortho intramolecular Hbond substituents is 1. The van der Waals surface area contributed by atoms with Crippen LogP contribution in [0.5, 0.6) is 5.75 Å². The topological polar surface area (TPSA) is 293 Å². The molecule has 1 saturated carbocycles. The summed E-state index contributed by atoms with van der Waals surface area (Å²) in [5.41, 5.74) is 11.5. The van der Waals surface area contributed by atoms with Gasteiger partial charge in [0.1, 0.15) is 22.8 Å². The van der Waals surface area contributed by atoms with E-state index in [9.17, 15) is 49.7 Å². The molecule has 0 bridgehead atoms. The van der Waals surface area contributed by atoms with Crippen LogP contribution >= 0.6 is 0 Å². The second-order valence-electron chi connectivity index (χ2n) is 12.6. The van der Waals surface area contributed by atoms with Gasteiger partial charge in [-0.2, -0.15) is 5.26 Å². The lowest BCUT2D eigenvalue weighted by Gasteiger charge is -2.58. The fraction of sp³-hybridized carbons (Fsp3) is 0.333. The second-order valence-corrected chi connectivity index (χ2v) is 12.6. The van der Waals surface area contributed by atoms with Crippen LogP contribution in [0.25, 0.3) is 16.9 Å². The Hall–Kier alpha value is -5.60. The van der Waals surface area contributed by atoms with E-state index in [0.29, 0.717) is 11.1 Å². The number of benzene rings is 2. The van der Waals surface area contributed by atoms with Crippen LogP contribution in [0.3, 0.4) is 0 Å². The Morgan fingerprint density at radius 1 is 1.14 bits per heavy atom. The average Bonchev–Trinajstić information content (AvgIpc) is 3.02. The van der Waals surface area contributed by atoms with Crippen LogP contribution in [0.1, 0.15) is 27.9 Å². The number of Topliss-reactive ketones (excluding diaryl/α,β-unsaturated/α-hetero) is 2. The molecular formula is C33H34N6O10. The fourth-order valence-corrected chi connectivity index (χ4v) is 7.49. The van der Waals surface area contributed by atoms with E-state index in [-0.39, 0.29) is 23.1 Å². The Balaban J connectivity index is 1.72. The number of hydrogen-bond donors (Lipinski definition) is 8. The summed E-state index contributed by atoms with van der Waals surface area (Å²) in [6, 6.07) is 7.57. The van der Waals surface area contributed by atoms with E-state index < -0.39 is 99.4 Å². The third kappa shape index (κ3) is 4.77. The average molecular weight is 675 g/mol. The molecule has 2 aromatic carbocycles. The standard InChI is InChI=1S/C33H34N6O10/c1-39(2)25-24(43)21(28(35)46)26(44)32(13-34)27(45)22-23(42)20-17(10-31(22,36)12-33(25,32)37)16(7-8-19(20)41)14-5-4-6-15(9-14)29(47)38-18(11-40)30(48)49-3/h4-9,18,25,40-42,44H,10-12,36-37H2,1-3H3,(H2,35,46)(H,38,47)/t18?,25?,31-,32+,33-/m1/s1. The van der Waals surface area contributed by atoms with Crippen molar-refractivity contribution in [3.8, 4) is 22.9 Å². The number of methoxy groups -OCH3 is 1. The molecule has 2 amide bonds. The highest BCUT2D eigenvalue weighted by Gasteiger charge is 2.74. The first-order chi connectivity index (χ1) is 22.9. The van der Waals surface area contributed by atoms with Gasteiger partial charge in [0.2, 0.25) is 0 Å². The predicted molar refractivity (Wildman–Crippen MR) is 170 cm³/mol. The monoisotopic (exact) mass is 674 g/mol.